The summed E-state index contributed by atoms with van der Waals surface area (Å²) in [7, 11) is 12.9. The average molecular weight is 935 g/mol. The standard InChI is InChI=1S/C44H58N2O4.2HI/c1-43(2,3)37-21-33-17-29-13-27(25-45(7,8)9)15-31(39(29)47)19-35-23-38(44(4,5)6)24-36(42(35)50)20-32-16-28(26-46(10,11)12)14-30(40(32)48)18-34(22-37)41(33)49;;/h13-16,21-24H,17-20,25-26H2,1-12H3,(H2-2,47,48,49,50);2*1H. The lowest BCUT2D eigenvalue weighted by Crippen LogP contribution is -3.00. The number of phenols is 4. The summed E-state index contributed by atoms with van der Waals surface area (Å²) in [6.45, 7) is 14.5. The lowest BCUT2D eigenvalue weighted by atomic mass is 9.81. The van der Waals surface area contributed by atoms with E-state index < -0.39 is 0 Å². The van der Waals surface area contributed by atoms with Crippen molar-refractivity contribution in [1.82, 2.24) is 0 Å². The summed E-state index contributed by atoms with van der Waals surface area (Å²) in [5, 5.41) is 47.8. The van der Waals surface area contributed by atoms with Crippen molar-refractivity contribution < 1.29 is 77.3 Å². The molecule has 0 unspecified atom stereocenters. The molecule has 0 amide bonds. The van der Waals surface area contributed by atoms with Crippen LogP contribution < -0.4 is 48.0 Å². The third-order valence-corrected chi connectivity index (χ3v) is 9.76. The highest BCUT2D eigenvalue weighted by atomic mass is 127. The quantitative estimate of drug-likeness (QED) is 0.165. The van der Waals surface area contributed by atoms with Gasteiger partial charge in [-0.3, -0.25) is 0 Å². The third-order valence-electron chi connectivity index (χ3n) is 9.76. The molecule has 0 aliphatic heterocycles. The Morgan fingerprint density at radius 3 is 0.769 bits per heavy atom. The molecule has 6 nitrogen and oxygen atoms in total. The minimum absolute atomic E-state index is 0. The van der Waals surface area contributed by atoms with Crippen molar-refractivity contribution in [2.75, 3.05) is 42.3 Å². The van der Waals surface area contributed by atoms with Crippen LogP contribution >= 0.6 is 0 Å². The molecule has 284 valence electrons. The summed E-state index contributed by atoms with van der Waals surface area (Å²) >= 11 is 0. The molecule has 8 heteroatoms. The number of phenolic OH excluding ortho intramolecular Hbond substituents is 4. The first-order chi connectivity index (χ1) is 22.9. The maximum atomic E-state index is 11.9. The number of hydrogen-bond acceptors (Lipinski definition) is 4. The second-order valence-corrected chi connectivity index (χ2v) is 18.9. The maximum Gasteiger partial charge on any atom is 0.122 e. The van der Waals surface area contributed by atoms with Crippen LogP contribution in [-0.4, -0.2) is 71.7 Å². The SMILES string of the molecule is CC(C)(C)c1cc2c(O)c(c1)Cc1cc(C[N+](C)(C)C)cc(c1O)Cc1cc(C(C)(C)C)cc(c1O)Cc1cc(C[N+](C)(C)C)cc(c1O)C2.[I-].[I-]. The van der Waals surface area contributed by atoms with Crippen molar-refractivity contribution in [1.29, 1.82) is 0 Å². The highest BCUT2D eigenvalue weighted by Gasteiger charge is 2.26. The number of halogens is 2. The van der Waals surface area contributed by atoms with E-state index in [4.69, 9.17) is 0 Å². The number of rotatable bonds is 4. The molecule has 0 radical (unpaired) electrons. The van der Waals surface area contributed by atoms with Crippen molar-refractivity contribution in [2.45, 2.75) is 91.1 Å². The Bertz CT molecular complexity index is 1700. The molecule has 52 heavy (non-hydrogen) atoms. The smallest absolute Gasteiger partial charge is 0.122 e. The Kier molecular flexibility index (Phi) is 13.2. The summed E-state index contributed by atoms with van der Waals surface area (Å²) < 4.78 is 1.43. The van der Waals surface area contributed by atoms with Crippen LogP contribution in [0.4, 0.5) is 0 Å². The van der Waals surface area contributed by atoms with Crippen LogP contribution in [0, 0.1) is 0 Å². The molecule has 8 bridgehead atoms. The number of fused-ring (bicyclic) bond motifs is 8. The Labute approximate surface area is 346 Å². The number of aromatic hydroxyl groups is 4. The van der Waals surface area contributed by atoms with Crippen LogP contribution in [0.15, 0.2) is 48.5 Å². The van der Waals surface area contributed by atoms with Crippen LogP contribution in [-0.2, 0) is 49.6 Å². The Hall–Kier alpha value is -2.54. The van der Waals surface area contributed by atoms with Gasteiger partial charge in [0.25, 0.3) is 0 Å². The first-order valence-electron chi connectivity index (χ1n) is 17.9. The minimum atomic E-state index is -0.194. The van der Waals surface area contributed by atoms with Crippen LogP contribution in [0.1, 0.15) is 108 Å². The normalized spacial score (nSPS) is 13.6. The summed E-state index contributed by atoms with van der Waals surface area (Å²) in [5.41, 5.74) is 9.89. The van der Waals surface area contributed by atoms with E-state index in [1.54, 1.807) is 0 Å². The monoisotopic (exact) mass is 934 g/mol. The topological polar surface area (TPSA) is 80.9 Å². The third kappa shape index (κ3) is 10.4. The van der Waals surface area contributed by atoms with E-state index in [0.717, 1.165) is 79.9 Å². The van der Waals surface area contributed by atoms with Gasteiger partial charge in [-0.2, -0.15) is 0 Å². The first kappa shape index (κ1) is 43.9. The fraction of sp³-hybridized carbons (Fsp3) is 0.455. The van der Waals surface area contributed by atoms with Gasteiger partial charge in [0.15, 0.2) is 0 Å². The lowest BCUT2D eigenvalue weighted by molar-refractivity contribution is -0.884. The molecule has 0 atom stereocenters. The second-order valence-electron chi connectivity index (χ2n) is 18.9. The lowest BCUT2D eigenvalue weighted by Gasteiger charge is -2.27. The molecule has 0 saturated heterocycles. The predicted octanol–water partition coefficient (Wildman–Crippen LogP) is 2.20. The minimum Gasteiger partial charge on any atom is -1.00 e. The summed E-state index contributed by atoms with van der Waals surface area (Å²) in [6.07, 6.45) is 1.35. The molecule has 4 aromatic rings. The summed E-state index contributed by atoms with van der Waals surface area (Å²) in [5.74, 6) is 0.774. The van der Waals surface area contributed by atoms with E-state index in [0.29, 0.717) is 34.6 Å². The van der Waals surface area contributed by atoms with E-state index in [9.17, 15) is 20.4 Å². The number of quaternary nitrogens is 2. The van der Waals surface area contributed by atoms with Gasteiger partial charge in [-0.05, 0) is 90.7 Å². The molecule has 1 aliphatic carbocycles. The van der Waals surface area contributed by atoms with E-state index in [1.807, 2.05) is 0 Å². The van der Waals surface area contributed by atoms with Crippen LogP contribution in [0.3, 0.4) is 0 Å². The molecular weight excluding hydrogens is 874 g/mol. The van der Waals surface area contributed by atoms with Crippen molar-refractivity contribution in [3.05, 3.63) is 115 Å². The Morgan fingerprint density at radius 2 is 0.596 bits per heavy atom. The Balaban J connectivity index is 0.00000364. The average Bonchev–Trinajstić information content (AvgIpc) is 2.94. The molecule has 0 aromatic heterocycles. The fourth-order valence-electron chi connectivity index (χ4n) is 7.23. The molecule has 4 aromatic carbocycles. The van der Waals surface area contributed by atoms with Gasteiger partial charge >= 0.3 is 0 Å². The highest BCUT2D eigenvalue weighted by molar-refractivity contribution is 5.58. The van der Waals surface area contributed by atoms with Gasteiger partial charge in [0.1, 0.15) is 36.1 Å². The zero-order valence-electron chi connectivity index (χ0n) is 33.3. The first-order valence-corrected chi connectivity index (χ1v) is 17.9. The van der Waals surface area contributed by atoms with E-state index >= 15 is 0 Å². The van der Waals surface area contributed by atoms with Crippen molar-refractivity contribution >= 4 is 0 Å². The van der Waals surface area contributed by atoms with Crippen LogP contribution in [0.2, 0.25) is 0 Å². The van der Waals surface area contributed by atoms with Gasteiger partial charge in [-0.1, -0.05) is 65.8 Å². The fourth-order valence-corrected chi connectivity index (χ4v) is 7.23. The summed E-state index contributed by atoms with van der Waals surface area (Å²) in [6, 6.07) is 16.5. The van der Waals surface area contributed by atoms with Gasteiger partial charge in [-0.25, -0.2) is 0 Å². The zero-order valence-corrected chi connectivity index (χ0v) is 37.6. The molecule has 0 spiro atoms. The van der Waals surface area contributed by atoms with Gasteiger partial charge in [0, 0.05) is 36.8 Å². The van der Waals surface area contributed by atoms with Gasteiger partial charge in [0.05, 0.1) is 42.3 Å². The molecule has 0 fully saturated rings. The van der Waals surface area contributed by atoms with E-state index in [2.05, 4.69) is 132 Å². The van der Waals surface area contributed by atoms with E-state index in [1.165, 1.54) is 0 Å². The number of nitrogens with zero attached hydrogens (tertiary/aromatic N) is 2. The number of hydrogen-bond donors (Lipinski definition) is 4. The van der Waals surface area contributed by atoms with Crippen molar-refractivity contribution in [3.63, 3.8) is 0 Å². The molecule has 0 heterocycles. The van der Waals surface area contributed by atoms with Crippen LogP contribution in [0.25, 0.3) is 0 Å². The van der Waals surface area contributed by atoms with Crippen LogP contribution in [0.5, 0.6) is 23.0 Å². The molecular formula is C44H60I2N2O4. The largest absolute Gasteiger partial charge is 1.00 e. The van der Waals surface area contributed by atoms with Crippen molar-refractivity contribution in [2.24, 2.45) is 0 Å². The predicted molar refractivity (Wildman–Crippen MR) is 205 cm³/mol. The van der Waals surface area contributed by atoms with Gasteiger partial charge < -0.3 is 77.3 Å². The van der Waals surface area contributed by atoms with E-state index in [-0.39, 0.29) is 81.8 Å². The Morgan fingerprint density at radius 1 is 0.404 bits per heavy atom. The molecule has 4 N–H and O–H groups in total. The zero-order chi connectivity index (χ0) is 37.1. The highest BCUT2D eigenvalue weighted by Crippen LogP contribution is 2.41. The number of benzene rings is 4. The molecule has 0 saturated carbocycles. The molecule has 5 rings (SSSR count). The second kappa shape index (κ2) is 15.7. The van der Waals surface area contributed by atoms with Gasteiger partial charge in [0.2, 0.25) is 0 Å². The summed E-state index contributed by atoms with van der Waals surface area (Å²) in [4.78, 5) is 0. The molecule has 1 aliphatic rings. The van der Waals surface area contributed by atoms with Crippen molar-refractivity contribution in [3.8, 4) is 23.0 Å². The van der Waals surface area contributed by atoms with Gasteiger partial charge in [-0.15, -0.1) is 0 Å². The maximum absolute atomic E-state index is 11.9.